The maximum absolute atomic E-state index is 14.4. The van der Waals surface area contributed by atoms with E-state index < -0.39 is 52.8 Å². The third-order valence-electron chi connectivity index (χ3n) is 3.44. The van der Waals surface area contributed by atoms with Crippen LogP contribution in [0.15, 0.2) is 16.9 Å². The second-order valence-electron chi connectivity index (χ2n) is 5.87. The molecule has 0 spiro atoms. The molecule has 0 aliphatic carbocycles. The van der Waals surface area contributed by atoms with Crippen LogP contribution >= 0.6 is 11.6 Å². The largest absolute Gasteiger partial charge is 0.489 e. The normalized spacial score (nSPS) is 12.4. The summed E-state index contributed by atoms with van der Waals surface area (Å²) in [6.07, 6.45) is -6.71. The monoisotopic (exact) mass is 448 g/mol. The highest BCUT2D eigenvalue weighted by atomic mass is 35.5. The Morgan fingerprint density at radius 3 is 2.21 bits per heavy atom. The summed E-state index contributed by atoms with van der Waals surface area (Å²) in [5.74, 6) is -9.75. The molecule has 2 rings (SSSR count). The van der Waals surface area contributed by atoms with Gasteiger partial charge in [-0.2, -0.15) is 31.3 Å². The van der Waals surface area contributed by atoms with Crippen LogP contribution in [0.3, 0.4) is 0 Å². The van der Waals surface area contributed by atoms with Gasteiger partial charge in [-0.25, -0.2) is 8.96 Å². The lowest BCUT2D eigenvalue weighted by molar-refractivity contribution is -0.292. The lowest BCUT2D eigenvalue weighted by atomic mass is 10.2. The first-order valence-electron chi connectivity index (χ1n) is 7.70. The Morgan fingerprint density at radius 1 is 1.14 bits per heavy atom. The number of halogens is 8. The summed E-state index contributed by atoms with van der Waals surface area (Å²) >= 11 is 5.82. The van der Waals surface area contributed by atoms with Crippen molar-refractivity contribution < 1.29 is 40.2 Å². The number of aromatic nitrogens is 2. The summed E-state index contributed by atoms with van der Waals surface area (Å²) in [6, 6.07) is 0.285. The molecule has 0 aliphatic heterocycles. The number of nitrogens with zero attached hydrogens (tertiary/aromatic N) is 2. The van der Waals surface area contributed by atoms with E-state index >= 15 is 0 Å². The minimum Gasteiger partial charge on any atom is -0.489 e. The number of hydrogen-bond donors (Lipinski definition) is 0. The molecule has 13 heteroatoms. The third-order valence-corrected chi connectivity index (χ3v) is 3.73. The van der Waals surface area contributed by atoms with Crippen molar-refractivity contribution in [2.75, 3.05) is 7.11 Å². The number of alkyl halides is 5. The number of methoxy groups -OCH3 is 1. The van der Waals surface area contributed by atoms with Gasteiger partial charge in [0.15, 0.2) is 5.69 Å². The van der Waals surface area contributed by atoms with Crippen LogP contribution in [0.2, 0.25) is 5.02 Å². The van der Waals surface area contributed by atoms with Crippen molar-refractivity contribution in [1.29, 1.82) is 0 Å². The Hall–Kier alpha value is -2.50. The van der Waals surface area contributed by atoms with Gasteiger partial charge in [0.05, 0.1) is 23.9 Å². The Labute approximate surface area is 163 Å². The molecule has 1 heterocycles. The minimum atomic E-state index is -6.24. The van der Waals surface area contributed by atoms with Crippen molar-refractivity contribution in [1.82, 2.24) is 9.55 Å². The van der Waals surface area contributed by atoms with Crippen LogP contribution in [0, 0.1) is 11.6 Å². The maximum Gasteiger partial charge on any atom is 0.459 e. The van der Waals surface area contributed by atoms with E-state index in [4.69, 9.17) is 16.3 Å². The molecule has 2 aromatic rings. The van der Waals surface area contributed by atoms with E-state index in [2.05, 4.69) is 9.72 Å². The van der Waals surface area contributed by atoms with Crippen LogP contribution in [-0.2, 0) is 5.92 Å². The second kappa shape index (κ2) is 7.73. The third kappa shape index (κ3) is 4.11. The van der Waals surface area contributed by atoms with E-state index in [0.717, 1.165) is 13.2 Å². The highest BCUT2D eigenvalue weighted by molar-refractivity contribution is 6.32. The summed E-state index contributed by atoms with van der Waals surface area (Å²) in [5, 5.41) is -0.236. The Morgan fingerprint density at radius 2 is 1.72 bits per heavy atom. The zero-order valence-corrected chi connectivity index (χ0v) is 15.6. The molecule has 0 unspecified atom stereocenters. The fourth-order valence-electron chi connectivity index (χ4n) is 2.21. The average molecular weight is 449 g/mol. The Bertz CT molecular complexity index is 990. The minimum absolute atomic E-state index is 0.0458. The van der Waals surface area contributed by atoms with Crippen molar-refractivity contribution in [2.24, 2.45) is 0 Å². The van der Waals surface area contributed by atoms with Gasteiger partial charge in [0.1, 0.15) is 11.6 Å². The molecule has 1 aromatic carbocycles. The van der Waals surface area contributed by atoms with Crippen molar-refractivity contribution in [2.45, 2.75) is 32.1 Å². The molecular weight excluding hydrogens is 437 g/mol. The van der Waals surface area contributed by atoms with Gasteiger partial charge in [-0.1, -0.05) is 11.6 Å². The lowest BCUT2D eigenvalue weighted by Crippen LogP contribution is -2.39. The predicted octanol–water partition coefficient (Wildman–Crippen LogP) is 4.61. The highest BCUT2D eigenvalue weighted by Gasteiger charge is 2.62. The number of rotatable bonds is 5. The first-order valence-corrected chi connectivity index (χ1v) is 8.07. The van der Waals surface area contributed by atoms with Crippen LogP contribution in [0.1, 0.15) is 19.5 Å². The molecular formula is C16H12ClF7N2O3. The fraction of sp³-hybridized carbons (Fsp3) is 0.375. The van der Waals surface area contributed by atoms with E-state index in [-0.39, 0.29) is 15.3 Å². The topological polar surface area (TPSA) is 53.3 Å². The molecule has 0 radical (unpaired) electrons. The molecule has 5 nitrogen and oxygen atoms in total. The van der Waals surface area contributed by atoms with Gasteiger partial charge in [0.25, 0.3) is 5.56 Å². The standard InChI is InChI=1S/C16H12ClF7N2O3/c1-6(2)29-10-5-9(8(18)4-7(10)17)26-13(27)11(19)12(25-14(26)28-3)15(20,21)16(22,23)24/h4-6H,1-3H3. The maximum atomic E-state index is 14.4. The molecule has 1 aromatic heterocycles. The molecule has 0 fully saturated rings. The van der Waals surface area contributed by atoms with Crippen molar-refractivity contribution in [3.8, 4) is 17.4 Å². The van der Waals surface area contributed by atoms with E-state index in [1.54, 1.807) is 13.8 Å². The summed E-state index contributed by atoms with van der Waals surface area (Å²) in [7, 11) is 0.755. The quantitative estimate of drug-likeness (QED) is 0.627. The smallest absolute Gasteiger partial charge is 0.459 e. The van der Waals surface area contributed by atoms with Crippen LogP contribution in [-0.4, -0.2) is 28.9 Å². The Kier molecular flexibility index (Phi) is 6.07. The summed E-state index contributed by atoms with van der Waals surface area (Å²) < 4.78 is 103. The summed E-state index contributed by atoms with van der Waals surface area (Å²) in [5.41, 5.74) is -5.34. The van der Waals surface area contributed by atoms with Crippen molar-refractivity contribution in [3.63, 3.8) is 0 Å². The number of benzene rings is 1. The van der Waals surface area contributed by atoms with Gasteiger partial charge in [-0.15, -0.1) is 0 Å². The van der Waals surface area contributed by atoms with Gasteiger partial charge in [-0.3, -0.25) is 4.79 Å². The molecule has 160 valence electrons. The van der Waals surface area contributed by atoms with Gasteiger partial charge >= 0.3 is 18.1 Å². The van der Waals surface area contributed by atoms with Crippen molar-refractivity contribution >= 4 is 11.6 Å². The second-order valence-corrected chi connectivity index (χ2v) is 6.28. The van der Waals surface area contributed by atoms with Crippen LogP contribution in [0.4, 0.5) is 30.7 Å². The predicted molar refractivity (Wildman–Crippen MR) is 87.0 cm³/mol. The van der Waals surface area contributed by atoms with E-state index in [1.807, 2.05) is 0 Å². The molecule has 0 atom stereocenters. The van der Waals surface area contributed by atoms with E-state index in [1.165, 1.54) is 0 Å². The molecule has 0 aliphatic rings. The molecule has 0 bridgehead atoms. The highest BCUT2D eigenvalue weighted by Crippen LogP contribution is 2.44. The molecule has 0 saturated carbocycles. The lowest BCUT2D eigenvalue weighted by Gasteiger charge is -2.21. The summed E-state index contributed by atoms with van der Waals surface area (Å²) in [6.45, 7) is 3.17. The average Bonchev–Trinajstić information content (AvgIpc) is 2.58. The van der Waals surface area contributed by atoms with Crippen LogP contribution in [0.5, 0.6) is 11.8 Å². The van der Waals surface area contributed by atoms with E-state index in [9.17, 15) is 35.5 Å². The van der Waals surface area contributed by atoms with Gasteiger partial charge in [0.2, 0.25) is 5.82 Å². The zero-order valence-electron chi connectivity index (χ0n) is 14.9. The number of ether oxygens (including phenoxy) is 2. The SMILES string of the molecule is COc1nc(C(F)(F)C(F)(F)F)c(F)c(=O)n1-c1cc(OC(C)C)c(Cl)cc1F. The van der Waals surface area contributed by atoms with E-state index in [0.29, 0.717) is 6.07 Å². The van der Waals surface area contributed by atoms with Crippen LogP contribution < -0.4 is 15.0 Å². The summed E-state index contributed by atoms with van der Waals surface area (Å²) in [4.78, 5) is 15.0. The molecule has 0 amide bonds. The fourth-order valence-corrected chi connectivity index (χ4v) is 2.40. The Balaban J connectivity index is 2.83. The molecule has 29 heavy (non-hydrogen) atoms. The van der Waals surface area contributed by atoms with Crippen LogP contribution in [0.25, 0.3) is 5.69 Å². The van der Waals surface area contributed by atoms with Gasteiger partial charge in [-0.05, 0) is 19.9 Å². The van der Waals surface area contributed by atoms with Crippen molar-refractivity contribution in [3.05, 3.63) is 44.8 Å². The number of hydrogen-bond acceptors (Lipinski definition) is 4. The first kappa shape index (κ1) is 22.8. The van der Waals surface area contributed by atoms with Gasteiger partial charge < -0.3 is 9.47 Å². The molecule has 0 saturated heterocycles. The first-order chi connectivity index (χ1) is 13.2. The van der Waals surface area contributed by atoms with Gasteiger partial charge in [0, 0.05) is 6.07 Å². The zero-order chi connectivity index (χ0) is 22.3. The molecule has 0 N–H and O–H groups in total.